The van der Waals surface area contributed by atoms with Crippen LogP contribution in [-0.4, -0.2) is 42.6 Å². The Morgan fingerprint density at radius 1 is 1.00 bits per heavy atom. The van der Waals surface area contributed by atoms with E-state index in [2.05, 4.69) is 0 Å². The minimum atomic E-state index is -4.64. The minimum Gasteiger partial charge on any atom is -0.479 e. The van der Waals surface area contributed by atoms with Crippen molar-refractivity contribution in [2.24, 2.45) is 5.73 Å². The highest BCUT2D eigenvalue weighted by Crippen LogP contribution is 2.40. The van der Waals surface area contributed by atoms with E-state index in [0.29, 0.717) is 15.4 Å². The van der Waals surface area contributed by atoms with Gasteiger partial charge >= 0.3 is 5.97 Å². The number of nitrogens with zero attached hydrogens (tertiary/aromatic N) is 1. The van der Waals surface area contributed by atoms with E-state index in [9.17, 15) is 23.4 Å². The molecule has 0 amide bonds. The van der Waals surface area contributed by atoms with Crippen molar-refractivity contribution in [2.45, 2.75) is 69.7 Å². The monoisotopic (exact) mass is 489 g/mol. The smallest absolute Gasteiger partial charge is 0.341 e. The maximum absolute atomic E-state index is 14.5. The third-order valence-corrected chi connectivity index (χ3v) is 7.93. The molecule has 5 N–H and O–H groups in total. The first-order chi connectivity index (χ1) is 15.7. The van der Waals surface area contributed by atoms with Crippen LogP contribution in [0.15, 0.2) is 47.4 Å². The molecule has 34 heavy (non-hydrogen) atoms. The number of hydrogen-bond acceptors (Lipinski definition) is 5. The summed E-state index contributed by atoms with van der Waals surface area (Å²) in [5.74, 6) is -3.00. The van der Waals surface area contributed by atoms with Crippen LogP contribution in [0.3, 0.4) is 0 Å². The number of amidine groups is 1. The molecular weight excluding hydrogens is 454 g/mol. The lowest BCUT2D eigenvalue weighted by Crippen LogP contribution is -2.67. The SMILES string of the molecule is CC(C)c1cc(C(C)C)c(S(=O)(=O)N(c2ccccc2)[C@](CO)(C(=N)N)C(=O)O)c(C(C)C)c1. The number of aliphatic hydroxyl groups is 1. The summed E-state index contributed by atoms with van der Waals surface area (Å²) in [6.07, 6.45) is 0. The zero-order chi connectivity index (χ0) is 26.0. The van der Waals surface area contributed by atoms with Crippen molar-refractivity contribution >= 4 is 27.5 Å². The third kappa shape index (κ3) is 4.67. The van der Waals surface area contributed by atoms with Crippen molar-refractivity contribution in [2.75, 3.05) is 10.9 Å². The highest BCUT2D eigenvalue weighted by Gasteiger charge is 2.54. The number of sulfonamides is 1. The van der Waals surface area contributed by atoms with Gasteiger partial charge < -0.3 is 15.9 Å². The summed E-state index contributed by atoms with van der Waals surface area (Å²) in [6.45, 7) is 10.3. The summed E-state index contributed by atoms with van der Waals surface area (Å²) < 4.78 is 29.5. The number of carbonyl (C=O) groups is 1. The van der Waals surface area contributed by atoms with E-state index < -0.39 is 34.0 Å². The van der Waals surface area contributed by atoms with Gasteiger partial charge in [0.1, 0.15) is 5.84 Å². The summed E-state index contributed by atoms with van der Waals surface area (Å²) in [6, 6.07) is 11.3. The molecule has 2 aromatic carbocycles. The molecule has 0 aliphatic carbocycles. The molecule has 0 aliphatic rings. The van der Waals surface area contributed by atoms with Crippen molar-refractivity contribution in [1.82, 2.24) is 0 Å². The molecule has 0 saturated heterocycles. The first kappa shape index (κ1) is 27.3. The second-order valence-electron chi connectivity index (χ2n) is 9.33. The van der Waals surface area contributed by atoms with Crippen LogP contribution in [0.5, 0.6) is 0 Å². The molecule has 0 heterocycles. The third-order valence-electron chi connectivity index (χ3n) is 5.94. The molecule has 0 spiro atoms. The van der Waals surface area contributed by atoms with Gasteiger partial charge in [-0.15, -0.1) is 0 Å². The highest BCUT2D eigenvalue weighted by molar-refractivity contribution is 7.93. The van der Waals surface area contributed by atoms with Crippen LogP contribution in [0.1, 0.15) is 76.0 Å². The van der Waals surface area contributed by atoms with Crippen molar-refractivity contribution < 1.29 is 23.4 Å². The molecule has 186 valence electrons. The van der Waals surface area contributed by atoms with Gasteiger partial charge in [0.15, 0.2) is 0 Å². The average Bonchev–Trinajstić information content (AvgIpc) is 2.76. The number of hydrogen-bond donors (Lipinski definition) is 4. The molecule has 0 aromatic heterocycles. The van der Waals surface area contributed by atoms with Gasteiger partial charge in [-0.05, 0) is 46.6 Å². The standard InChI is InChI=1S/C25H35N3O5S/c1-15(2)18-12-20(16(3)4)22(21(13-18)17(5)6)34(32,33)28(19-10-8-7-9-11-19)25(14-29,23(26)27)24(30)31/h7-13,15-17,29H,14H2,1-6H3,(H3,26,27)(H,30,31)/t25-/m1/s1. The Labute approximate surface area is 202 Å². The number of aliphatic carboxylic acids is 1. The van der Waals surface area contributed by atoms with E-state index in [1.165, 1.54) is 12.1 Å². The number of benzene rings is 2. The van der Waals surface area contributed by atoms with Crippen molar-refractivity contribution in [3.8, 4) is 0 Å². The molecule has 0 bridgehead atoms. The van der Waals surface area contributed by atoms with Gasteiger partial charge in [0.25, 0.3) is 10.0 Å². The van der Waals surface area contributed by atoms with Crippen LogP contribution in [0.4, 0.5) is 5.69 Å². The molecule has 9 heteroatoms. The predicted molar refractivity (Wildman–Crippen MR) is 134 cm³/mol. The van der Waals surface area contributed by atoms with Gasteiger partial charge in [0.2, 0.25) is 5.54 Å². The van der Waals surface area contributed by atoms with Crippen LogP contribution < -0.4 is 10.0 Å². The number of rotatable bonds is 10. The predicted octanol–water partition coefficient (Wildman–Crippen LogP) is 4.00. The molecule has 0 aliphatic heterocycles. The maximum atomic E-state index is 14.5. The Bertz CT molecular complexity index is 1120. The summed E-state index contributed by atoms with van der Waals surface area (Å²) in [5, 5.41) is 28.4. The van der Waals surface area contributed by atoms with Gasteiger partial charge in [0.05, 0.1) is 17.2 Å². The topological polar surface area (TPSA) is 145 Å². The molecule has 2 rings (SSSR count). The average molecular weight is 490 g/mol. The zero-order valence-electron chi connectivity index (χ0n) is 20.5. The lowest BCUT2D eigenvalue weighted by molar-refractivity contribution is -0.141. The second-order valence-corrected chi connectivity index (χ2v) is 11.1. The van der Waals surface area contributed by atoms with Crippen LogP contribution in [0.25, 0.3) is 0 Å². The Morgan fingerprint density at radius 2 is 1.47 bits per heavy atom. The Kier molecular flexibility index (Phi) is 8.16. The van der Waals surface area contributed by atoms with E-state index in [-0.39, 0.29) is 28.3 Å². The van der Waals surface area contributed by atoms with Gasteiger partial charge in [0, 0.05) is 0 Å². The number of carboxylic acid groups (broad SMARTS) is 1. The minimum absolute atomic E-state index is 0.0218. The van der Waals surface area contributed by atoms with Crippen LogP contribution >= 0.6 is 0 Å². The zero-order valence-corrected chi connectivity index (χ0v) is 21.3. The number of nitrogens with one attached hydrogen (secondary N) is 1. The Hall–Kier alpha value is -2.91. The number of carboxylic acids is 1. The van der Waals surface area contributed by atoms with E-state index in [0.717, 1.165) is 5.56 Å². The molecule has 0 saturated carbocycles. The first-order valence-corrected chi connectivity index (χ1v) is 12.6. The van der Waals surface area contributed by atoms with E-state index in [4.69, 9.17) is 11.1 Å². The number of para-hydroxylation sites is 1. The molecule has 8 nitrogen and oxygen atoms in total. The Balaban J connectivity index is 3.11. The van der Waals surface area contributed by atoms with Crippen LogP contribution in [0.2, 0.25) is 0 Å². The quantitative estimate of drug-likeness (QED) is 0.293. The molecule has 0 fully saturated rings. The number of nitrogens with two attached hydrogens (primary N) is 1. The van der Waals surface area contributed by atoms with Gasteiger partial charge in [-0.3, -0.25) is 5.41 Å². The fourth-order valence-electron chi connectivity index (χ4n) is 3.93. The number of anilines is 1. The van der Waals surface area contributed by atoms with Crippen LogP contribution in [-0.2, 0) is 14.8 Å². The second kappa shape index (κ2) is 10.1. The van der Waals surface area contributed by atoms with Crippen molar-refractivity contribution in [1.29, 1.82) is 5.41 Å². The number of aliphatic hydroxyl groups excluding tert-OH is 1. The Morgan fingerprint density at radius 3 is 1.79 bits per heavy atom. The normalized spacial score (nSPS) is 13.8. The highest BCUT2D eigenvalue weighted by atomic mass is 32.2. The molecule has 0 unspecified atom stereocenters. The van der Waals surface area contributed by atoms with E-state index in [1.54, 1.807) is 18.2 Å². The largest absolute Gasteiger partial charge is 0.479 e. The molecular formula is C25H35N3O5S. The lowest BCUT2D eigenvalue weighted by Gasteiger charge is -2.40. The summed E-state index contributed by atoms with van der Waals surface area (Å²) >= 11 is 0. The van der Waals surface area contributed by atoms with Crippen molar-refractivity contribution in [3.05, 3.63) is 59.2 Å². The maximum Gasteiger partial charge on any atom is 0.341 e. The summed E-state index contributed by atoms with van der Waals surface area (Å²) in [4.78, 5) is 12.5. The van der Waals surface area contributed by atoms with E-state index in [1.807, 2.05) is 53.7 Å². The molecule has 1 atom stereocenters. The molecule has 0 radical (unpaired) electrons. The molecule has 2 aromatic rings. The lowest BCUT2D eigenvalue weighted by atomic mass is 9.89. The van der Waals surface area contributed by atoms with E-state index >= 15 is 0 Å². The summed E-state index contributed by atoms with van der Waals surface area (Å²) in [5.41, 5.74) is 4.99. The van der Waals surface area contributed by atoms with Crippen molar-refractivity contribution in [3.63, 3.8) is 0 Å². The van der Waals surface area contributed by atoms with Gasteiger partial charge in [-0.25, -0.2) is 17.5 Å². The fourth-order valence-corrected chi connectivity index (χ4v) is 6.35. The van der Waals surface area contributed by atoms with Gasteiger partial charge in [-0.1, -0.05) is 71.9 Å². The van der Waals surface area contributed by atoms with Crippen LogP contribution in [0, 0.1) is 5.41 Å². The first-order valence-electron chi connectivity index (χ1n) is 11.2. The fraction of sp³-hybridized carbons (Fsp3) is 0.440. The van der Waals surface area contributed by atoms with Gasteiger partial charge in [-0.2, -0.15) is 0 Å². The summed E-state index contributed by atoms with van der Waals surface area (Å²) in [7, 11) is -4.64.